The van der Waals surface area contributed by atoms with Gasteiger partial charge in [-0.15, -0.1) is 0 Å². The maximum Gasteiger partial charge on any atom is 0.188 e. The number of para-hydroxylation sites is 1. The number of thioether (sulfide) groups is 1. The molecular weight excluding hydrogens is 300 g/mol. The number of aryl methyl sites for hydroxylation is 1. The second kappa shape index (κ2) is 6.01. The van der Waals surface area contributed by atoms with Crippen molar-refractivity contribution in [2.75, 3.05) is 0 Å². The maximum atomic E-state index is 4.68. The van der Waals surface area contributed by atoms with Crippen molar-refractivity contribution in [1.82, 2.24) is 9.97 Å². The van der Waals surface area contributed by atoms with E-state index in [4.69, 9.17) is 0 Å². The van der Waals surface area contributed by atoms with Crippen LogP contribution < -0.4 is 0 Å². The fourth-order valence-corrected chi connectivity index (χ4v) is 3.73. The van der Waals surface area contributed by atoms with E-state index in [1.54, 1.807) is 11.8 Å². The van der Waals surface area contributed by atoms with Crippen LogP contribution in [-0.2, 0) is 5.75 Å². The Morgan fingerprint density at radius 2 is 1.52 bits per heavy atom. The molecular formula is C20H16N2S. The largest absolute Gasteiger partial charge is 0.227 e. The fourth-order valence-electron chi connectivity index (χ4n) is 2.83. The molecule has 0 saturated heterocycles. The Labute approximate surface area is 139 Å². The van der Waals surface area contributed by atoms with Gasteiger partial charge in [0, 0.05) is 16.8 Å². The number of aromatic nitrogens is 2. The van der Waals surface area contributed by atoms with Gasteiger partial charge in [0.05, 0.1) is 5.52 Å². The summed E-state index contributed by atoms with van der Waals surface area (Å²) in [5, 5.41) is 4.55. The normalized spacial score (nSPS) is 11.2. The summed E-state index contributed by atoms with van der Waals surface area (Å²) in [5.74, 6) is 0.874. The molecule has 1 aromatic heterocycles. The molecule has 0 bridgehead atoms. The highest BCUT2D eigenvalue weighted by Crippen LogP contribution is 2.27. The van der Waals surface area contributed by atoms with Crippen LogP contribution in [-0.4, -0.2) is 9.97 Å². The third-order valence-electron chi connectivity index (χ3n) is 4.01. The third-order valence-corrected chi connectivity index (χ3v) is 4.91. The molecule has 0 unspecified atom stereocenters. The quantitative estimate of drug-likeness (QED) is 0.375. The minimum Gasteiger partial charge on any atom is -0.227 e. The first-order valence-electron chi connectivity index (χ1n) is 7.64. The lowest BCUT2D eigenvalue weighted by Gasteiger charge is -2.07. The van der Waals surface area contributed by atoms with Crippen LogP contribution in [0.15, 0.2) is 71.9 Å². The standard InChI is InChI=1S/C20H16N2S/c1-14-17-10-4-5-12-19(17)22-20(21-14)23-13-16-9-6-8-15-7-2-3-11-18(15)16/h2-12H,13H2,1H3. The van der Waals surface area contributed by atoms with Crippen molar-refractivity contribution in [3.05, 3.63) is 78.0 Å². The van der Waals surface area contributed by atoms with Gasteiger partial charge < -0.3 is 0 Å². The van der Waals surface area contributed by atoms with Crippen LogP contribution in [0.4, 0.5) is 0 Å². The molecule has 0 amide bonds. The van der Waals surface area contributed by atoms with Gasteiger partial charge >= 0.3 is 0 Å². The van der Waals surface area contributed by atoms with Gasteiger partial charge in [-0.3, -0.25) is 0 Å². The first-order chi connectivity index (χ1) is 11.3. The first kappa shape index (κ1) is 14.2. The zero-order valence-corrected chi connectivity index (χ0v) is 13.7. The van der Waals surface area contributed by atoms with Gasteiger partial charge in [0.15, 0.2) is 5.16 Å². The Balaban J connectivity index is 1.66. The number of hydrogen-bond donors (Lipinski definition) is 0. The zero-order valence-electron chi connectivity index (χ0n) is 12.9. The smallest absolute Gasteiger partial charge is 0.188 e. The predicted octanol–water partition coefficient (Wildman–Crippen LogP) is 5.38. The molecule has 3 aromatic carbocycles. The lowest BCUT2D eigenvalue weighted by molar-refractivity contribution is 0.968. The average molecular weight is 316 g/mol. The van der Waals surface area contributed by atoms with E-state index in [9.17, 15) is 0 Å². The summed E-state index contributed by atoms with van der Waals surface area (Å²) < 4.78 is 0. The highest BCUT2D eigenvalue weighted by molar-refractivity contribution is 7.98. The minimum absolute atomic E-state index is 0.842. The van der Waals surface area contributed by atoms with E-state index in [2.05, 4.69) is 58.5 Å². The monoisotopic (exact) mass is 316 g/mol. The minimum atomic E-state index is 0.842. The van der Waals surface area contributed by atoms with Crippen molar-refractivity contribution in [2.24, 2.45) is 0 Å². The predicted molar refractivity (Wildman–Crippen MR) is 97.8 cm³/mol. The molecule has 2 nitrogen and oxygen atoms in total. The fraction of sp³-hybridized carbons (Fsp3) is 0.100. The van der Waals surface area contributed by atoms with Crippen molar-refractivity contribution >= 4 is 33.4 Å². The first-order valence-corrected chi connectivity index (χ1v) is 8.63. The van der Waals surface area contributed by atoms with E-state index in [1.165, 1.54) is 16.3 Å². The third kappa shape index (κ3) is 2.80. The molecule has 4 rings (SSSR count). The SMILES string of the molecule is Cc1nc(SCc2cccc3ccccc23)nc2ccccc12. The van der Waals surface area contributed by atoms with E-state index in [0.717, 1.165) is 27.5 Å². The molecule has 3 heteroatoms. The van der Waals surface area contributed by atoms with Crippen LogP contribution in [0.3, 0.4) is 0 Å². The Hall–Kier alpha value is -2.39. The molecule has 0 fully saturated rings. The topological polar surface area (TPSA) is 25.8 Å². The number of benzene rings is 3. The number of rotatable bonds is 3. The van der Waals surface area contributed by atoms with Gasteiger partial charge in [-0.1, -0.05) is 72.4 Å². The summed E-state index contributed by atoms with van der Waals surface area (Å²) in [7, 11) is 0. The molecule has 0 aliphatic carbocycles. The Kier molecular flexibility index (Phi) is 3.72. The van der Waals surface area contributed by atoms with Gasteiger partial charge in [-0.05, 0) is 29.3 Å². The van der Waals surface area contributed by atoms with Crippen molar-refractivity contribution in [3.63, 3.8) is 0 Å². The Morgan fingerprint density at radius 1 is 0.783 bits per heavy atom. The second-order valence-corrected chi connectivity index (χ2v) is 6.48. The van der Waals surface area contributed by atoms with Crippen molar-refractivity contribution < 1.29 is 0 Å². The number of hydrogen-bond acceptors (Lipinski definition) is 3. The average Bonchev–Trinajstić information content (AvgIpc) is 2.60. The Bertz CT molecular complexity index is 990. The summed E-state index contributed by atoms with van der Waals surface area (Å²) in [5.41, 5.74) is 3.37. The summed E-state index contributed by atoms with van der Waals surface area (Å²) in [6.07, 6.45) is 0. The van der Waals surface area contributed by atoms with Crippen LogP contribution in [0.25, 0.3) is 21.7 Å². The molecule has 0 aliphatic rings. The van der Waals surface area contributed by atoms with Crippen molar-refractivity contribution in [3.8, 4) is 0 Å². The second-order valence-electron chi connectivity index (χ2n) is 5.54. The van der Waals surface area contributed by atoms with E-state index >= 15 is 0 Å². The lowest BCUT2D eigenvalue weighted by Crippen LogP contribution is -1.93. The van der Waals surface area contributed by atoms with Crippen LogP contribution in [0.5, 0.6) is 0 Å². The van der Waals surface area contributed by atoms with Crippen LogP contribution in [0, 0.1) is 6.92 Å². The summed E-state index contributed by atoms with van der Waals surface area (Å²) >= 11 is 1.70. The maximum absolute atomic E-state index is 4.68. The molecule has 0 aliphatic heterocycles. The molecule has 23 heavy (non-hydrogen) atoms. The van der Waals surface area contributed by atoms with Crippen LogP contribution >= 0.6 is 11.8 Å². The molecule has 0 N–H and O–H groups in total. The van der Waals surface area contributed by atoms with Gasteiger partial charge in [0.1, 0.15) is 0 Å². The molecule has 4 aromatic rings. The molecule has 0 atom stereocenters. The highest BCUT2D eigenvalue weighted by atomic mass is 32.2. The lowest BCUT2D eigenvalue weighted by atomic mass is 10.1. The molecule has 0 spiro atoms. The van der Waals surface area contributed by atoms with Crippen molar-refractivity contribution in [1.29, 1.82) is 0 Å². The molecule has 1 heterocycles. The molecule has 112 valence electrons. The zero-order chi connectivity index (χ0) is 15.6. The van der Waals surface area contributed by atoms with Crippen LogP contribution in [0.2, 0.25) is 0 Å². The molecule has 0 saturated carbocycles. The van der Waals surface area contributed by atoms with Crippen molar-refractivity contribution in [2.45, 2.75) is 17.8 Å². The highest BCUT2D eigenvalue weighted by Gasteiger charge is 2.06. The number of nitrogens with zero attached hydrogens (tertiary/aromatic N) is 2. The summed E-state index contributed by atoms with van der Waals surface area (Å²) in [6.45, 7) is 2.05. The van der Waals surface area contributed by atoms with E-state index in [-0.39, 0.29) is 0 Å². The van der Waals surface area contributed by atoms with E-state index in [1.807, 2.05) is 25.1 Å². The summed E-state index contributed by atoms with van der Waals surface area (Å²) in [6, 6.07) is 23.1. The summed E-state index contributed by atoms with van der Waals surface area (Å²) in [4.78, 5) is 9.33. The molecule has 0 radical (unpaired) electrons. The Morgan fingerprint density at radius 3 is 2.43 bits per heavy atom. The van der Waals surface area contributed by atoms with Gasteiger partial charge in [-0.25, -0.2) is 9.97 Å². The van der Waals surface area contributed by atoms with E-state index < -0.39 is 0 Å². The van der Waals surface area contributed by atoms with Crippen LogP contribution in [0.1, 0.15) is 11.3 Å². The van der Waals surface area contributed by atoms with Gasteiger partial charge in [0.2, 0.25) is 0 Å². The van der Waals surface area contributed by atoms with Gasteiger partial charge in [0.25, 0.3) is 0 Å². The van der Waals surface area contributed by atoms with E-state index in [0.29, 0.717) is 0 Å². The van der Waals surface area contributed by atoms with Gasteiger partial charge in [-0.2, -0.15) is 0 Å². The number of fused-ring (bicyclic) bond motifs is 2.